The number of nitrogens with zero attached hydrogens (tertiary/aromatic N) is 3. The van der Waals surface area contributed by atoms with Gasteiger partial charge < -0.3 is 24.4 Å². The third-order valence-corrected chi connectivity index (χ3v) is 7.34. The quantitative estimate of drug-likeness (QED) is 0.326. The molecule has 1 aliphatic carbocycles. The Bertz CT molecular complexity index is 1500. The van der Waals surface area contributed by atoms with E-state index in [0.717, 1.165) is 17.0 Å². The second kappa shape index (κ2) is 12.4. The number of methoxy groups -OCH3 is 1. The first-order valence-electron chi connectivity index (χ1n) is 13.7. The van der Waals surface area contributed by atoms with Crippen LogP contribution in [-0.4, -0.2) is 73.2 Å². The van der Waals surface area contributed by atoms with Crippen LogP contribution in [0.1, 0.15) is 61.1 Å². The Morgan fingerprint density at radius 1 is 1.14 bits per heavy atom. The molecule has 1 unspecified atom stereocenters. The van der Waals surface area contributed by atoms with Gasteiger partial charge in [-0.3, -0.25) is 9.69 Å². The lowest BCUT2D eigenvalue weighted by Crippen LogP contribution is -2.47. The van der Waals surface area contributed by atoms with Gasteiger partial charge in [0.1, 0.15) is 29.4 Å². The summed E-state index contributed by atoms with van der Waals surface area (Å²) in [5, 5.41) is 3.05. The number of hydrogen-bond donors (Lipinski definition) is 1. The molecule has 1 N–H and O–H groups in total. The number of esters is 1. The Morgan fingerprint density at radius 2 is 1.77 bits per heavy atom. The number of aliphatic imine (C=N–C) groups is 1. The van der Waals surface area contributed by atoms with Gasteiger partial charge in [-0.1, -0.05) is 17.7 Å². The summed E-state index contributed by atoms with van der Waals surface area (Å²) in [5.74, 6) is -4.02. The predicted octanol–water partition coefficient (Wildman–Crippen LogP) is 5.17. The normalized spacial score (nSPS) is 19.8. The highest BCUT2D eigenvalue weighted by Gasteiger charge is 2.61. The second-order valence-corrected chi connectivity index (χ2v) is 12.1. The lowest BCUT2D eigenvalue weighted by molar-refractivity contribution is -0.134. The Hall–Kier alpha value is -4.26. The van der Waals surface area contributed by atoms with Crippen LogP contribution in [0.25, 0.3) is 0 Å². The Labute approximate surface area is 258 Å². The highest BCUT2D eigenvalue weighted by molar-refractivity contribution is 6.33. The van der Waals surface area contributed by atoms with Gasteiger partial charge in [0.25, 0.3) is 5.91 Å². The Kier molecular flexibility index (Phi) is 9.19. The fourth-order valence-corrected chi connectivity index (χ4v) is 5.13. The van der Waals surface area contributed by atoms with E-state index < -0.39 is 65.4 Å². The van der Waals surface area contributed by atoms with Crippen LogP contribution in [-0.2, 0) is 24.5 Å². The van der Waals surface area contributed by atoms with Crippen molar-refractivity contribution in [2.24, 2.45) is 10.9 Å². The molecule has 14 heteroatoms. The number of rotatable bonds is 7. The molecule has 236 valence electrons. The first kappa shape index (κ1) is 32.6. The summed E-state index contributed by atoms with van der Waals surface area (Å²) >= 11 is 6.25. The van der Waals surface area contributed by atoms with Crippen molar-refractivity contribution < 1.29 is 42.2 Å². The van der Waals surface area contributed by atoms with Crippen molar-refractivity contribution in [1.29, 1.82) is 0 Å². The maximum absolute atomic E-state index is 14.7. The molecular formula is C30H33ClF2N4O7. The fourth-order valence-electron chi connectivity index (χ4n) is 4.94. The van der Waals surface area contributed by atoms with Crippen molar-refractivity contribution in [1.82, 2.24) is 15.1 Å². The number of hydrogen-bond acceptors (Lipinski definition) is 7. The van der Waals surface area contributed by atoms with Crippen molar-refractivity contribution in [2.45, 2.75) is 50.8 Å². The van der Waals surface area contributed by atoms with Gasteiger partial charge in [0.2, 0.25) is 5.96 Å². The number of halogens is 3. The van der Waals surface area contributed by atoms with Gasteiger partial charge >= 0.3 is 18.2 Å². The first-order chi connectivity index (χ1) is 20.6. The third kappa shape index (κ3) is 6.77. The molecule has 2 aliphatic rings. The molecular weight excluding hydrogens is 602 g/mol. The standard InChI is InChI=1S/C30H33ClF2N4O7/c1-29(2,3)44-27(40)34-26-35-30(17-8-9-17,18-12-19(32)14-20(33)13-18)25(39)37(26)23(15-43-28(41)36(4)5)16-7-10-22(31)21(11-16)24(38)42-6/h7,10-14,17,23H,8-9,15H2,1-6H3,(H,34,35,40)/t23-,30?/m1/s1. The molecule has 1 heterocycles. The van der Waals surface area contributed by atoms with Crippen LogP contribution in [0.4, 0.5) is 18.4 Å². The highest BCUT2D eigenvalue weighted by atomic mass is 35.5. The van der Waals surface area contributed by atoms with Gasteiger partial charge in [0, 0.05) is 20.2 Å². The number of benzene rings is 2. The molecule has 1 saturated heterocycles. The van der Waals surface area contributed by atoms with Gasteiger partial charge in [-0.05, 0) is 74.9 Å². The number of carbonyl (C=O) groups is 4. The van der Waals surface area contributed by atoms with E-state index in [9.17, 15) is 28.0 Å². The van der Waals surface area contributed by atoms with E-state index in [4.69, 9.17) is 25.8 Å². The smallest absolute Gasteiger partial charge is 0.437 e. The van der Waals surface area contributed by atoms with E-state index in [0.29, 0.717) is 18.9 Å². The molecule has 0 radical (unpaired) electrons. The lowest BCUT2D eigenvalue weighted by atomic mass is 9.84. The third-order valence-electron chi connectivity index (χ3n) is 7.01. The van der Waals surface area contributed by atoms with Crippen LogP contribution in [0.15, 0.2) is 41.4 Å². The summed E-state index contributed by atoms with van der Waals surface area (Å²) in [6, 6.07) is 5.82. The fraction of sp³-hybridized carbons (Fsp3) is 0.433. The van der Waals surface area contributed by atoms with Gasteiger partial charge in [-0.25, -0.2) is 23.2 Å². The molecule has 1 saturated carbocycles. The van der Waals surface area contributed by atoms with Crippen molar-refractivity contribution in [3.8, 4) is 0 Å². The van der Waals surface area contributed by atoms with Gasteiger partial charge in [0.05, 0.1) is 23.7 Å². The van der Waals surface area contributed by atoms with E-state index in [2.05, 4.69) is 10.3 Å². The predicted molar refractivity (Wildman–Crippen MR) is 155 cm³/mol. The minimum absolute atomic E-state index is 0.0164. The number of amides is 3. The van der Waals surface area contributed by atoms with Crippen molar-refractivity contribution in [3.05, 3.63) is 69.7 Å². The summed E-state index contributed by atoms with van der Waals surface area (Å²) in [5.41, 5.74) is -2.48. The minimum Gasteiger partial charge on any atom is -0.465 e. The van der Waals surface area contributed by atoms with Crippen LogP contribution in [0.3, 0.4) is 0 Å². The van der Waals surface area contributed by atoms with Crippen LogP contribution < -0.4 is 5.32 Å². The maximum atomic E-state index is 14.7. The van der Waals surface area contributed by atoms with Gasteiger partial charge in [-0.2, -0.15) is 0 Å². The Balaban J connectivity index is 1.94. The molecule has 2 aromatic carbocycles. The average Bonchev–Trinajstić information content (AvgIpc) is 3.73. The van der Waals surface area contributed by atoms with E-state index in [1.165, 1.54) is 44.3 Å². The molecule has 1 aliphatic heterocycles. The molecule has 0 aromatic heterocycles. The zero-order valence-corrected chi connectivity index (χ0v) is 25.8. The molecule has 2 aromatic rings. The van der Waals surface area contributed by atoms with Crippen LogP contribution in [0.5, 0.6) is 0 Å². The largest absolute Gasteiger partial charge is 0.465 e. The average molecular weight is 635 g/mol. The van der Waals surface area contributed by atoms with Gasteiger partial charge in [0.15, 0.2) is 0 Å². The van der Waals surface area contributed by atoms with E-state index in [1.807, 2.05) is 0 Å². The Morgan fingerprint density at radius 3 is 2.32 bits per heavy atom. The second-order valence-electron chi connectivity index (χ2n) is 11.7. The molecule has 2 fully saturated rings. The minimum atomic E-state index is -1.73. The summed E-state index contributed by atoms with van der Waals surface area (Å²) in [6.07, 6.45) is -0.746. The summed E-state index contributed by atoms with van der Waals surface area (Å²) in [6.45, 7) is 4.42. The number of nitrogens with one attached hydrogen (secondary N) is 1. The van der Waals surface area contributed by atoms with Crippen LogP contribution in [0, 0.1) is 17.6 Å². The molecule has 0 spiro atoms. The van der Waals surface area contributed by atoms with Crippen molar-refractivity contribution >= 4 is 41.6 Å². The SMILES string of the molecule is COC(=O)c1cc([C@@H](COC(=O)N(C)C)N2C(=O)C(c3cc(F)cc(F)c3)(C3CC3)NC2=NC(=O)OC(C)(C)C)ccc1Cl. The molecule has 11 nitrogen and oxygen atoms in total. The van der Waals surface area contributed by atoms with E-state index >= 15 is 0 Å². The molecule has 44 heavy (non-hydrogen) atoms. The first-order valence-corrected chi connectivity index (χ1v) is 14.1. The molecule has 3 amide bonds. The molecule has 0 bridgehead atoms. The van der Waals surface area contributed by atoms with Crippen LogP contribution >= 0.6 is 11.6 Å². The summed E-state index contributed by atoms with van der Waals surface area (Å²) < 4.78 is 44.8. The number of guanidine groups is 1. The van der Waals surface area contributed by atoms with Crippen molar-refractivity contribution in [3.63, 3.8) is 0 Å². The zero-order valence-electron chi connectivity index (χ0n) is 25.1. The zero-order chi connectivity index (χ0) is 32.6. The maximum Gasteiger partial charge on any atom is 0.437 e. The van der Waals surface area contributed by atoms with E-state index in [1.54, 1.807) is 20.8 Å². The summed E-state index contributed by atoms with van der Waals surface area (Å²) in [7, 11) is 4.09. The lowest BCUT2D eigenvalue weighted by Gasteiger charge is -2.31. The molecule has 2 atom stereocenters. The molecule has 4 rings (SSSR count). The topological polar surface area (TPSA) is 127 Å². The monoisotopic (exact) mass is 634 g/mol. The van der Waals surface area contributed by atoms with Crippen molar-refractivity contribution in [2.75, 3.05) is 27.8 Å². The van der Waals surface area contributed by atoms with Crippen LogP contribution in [0.2, 0.25) is 5.02 Å². The summed E-state index contributed by atoms with van der Waals surface area (Å²) in [4.78, 5) is 59.0. The number of ether oxygens (including phenoxy) is 3. The van der Waals surface area contributed by atoms with Gasteiger partial charge in [-0.15, -0.1) is 4.99 Å². The number of carbonyl (C=O) groups excluding carboxylic acids is 4. The van der Waals surface area contributed by atoms with E-state index in [-0.39, 0.29) is 27.7 Å². The highest BCUT2D eigenvalue weighted by Crippen LogP contribution is 2.50.